The second-order valence-electron chi connectivity index (χ2n) is 4.82. The number of aryl methyl sites for hydroxylation is 1. The van der Waals surface area contributed by atoms with Crippen LogP contribution < -0.4 is 5.73 Å². The second-order valence-corrected chi connectivity index (χ2v) is 4.82. The van der Waals surface area contributed by atoms with Gasteiger partial charge in [0.1, 0.15) is 0 Å². The van der Waals surface area contributed by atoms with Gasteiger partial charge in [-0.25, -0.2) is 0 Å². The van der Waals surface area contributed by atoms with E-state index >= 15 is 0 Å². The molecule has 19 heavy (non-hydrogen) atoms. The fourth-order valence-corrected chi connectivity index (χ4v) is 2.13. The van der Waals surface area contributed by atoms with Crippen LogP contribution in [0.5, 0.6) is 0 Å². The van der Waals surface area contributed by atoms with E-state index in [1.54, 1.807) is 0 Å². The number of rotatable bonds is 5. The molecule has 0 saturated heterocycles. The van der Waals surface area contributed by atoms with Crippen LogP contribution in [0, 0.1) is 6.92 Å². The molecule has 2 heteroatoms. The highest BCUT2D eigenvalue weighted by Crippen LogP contribution is 2.11. The predicted molar refractivity (Wildman–Crippen MR) is 78.4 cm³/mol. The lowest BCUT2D eigenvalue weighted by Crippen LogP contribution is -2.05. The van der Waals surface area contributed by atoms with Crippen molar-refractivity contribution in [2.75, 3.05) is 6.54 Å². The Morgan fingerprint density at radius 2 is 1.79 bits per heavy atom. The molecule has 0 aliphatic rings. The van der Waals surface area contributed by atoms with Gasteiger partial charge in [-0.3, -0.25) is 4.79 Å². The summed E-state index contributed by atoms with van der Waals surface area (Å²) in [5.41, 5.74) is 9.70. The molecular formula is C17H19NO. The number of benzene rings is 2. The van der Waals surface area contributed by atoms with E-state index in [4.69, 9.17) is 5.73 Å². The van der Waals surface area contributed by atoms with Crippen molar-refractivity contribution in [1.29, 1.82) is 0 Å². The Balaban J connectivity index is 2.07. The lowest BCUT2D eigenvalue weighted by Gasteiger charge is -2.04. The van der Waals surface area contributed by atoms with Crippen LogP contribution in [0.2, 0.25) is 0 Å². The highest BCUT2D eigenvalue weighted by molar-refractivity contribution is 5.97. The minimum atomic E-state index is 0.157. The molecule has 0 aliphatic heterocycles. The minimum absolute atomic E-state index is 0.157. The Labute approximate surface area is 114 Å². The molecule has 0 saturated carbocycles. The predicted octanol–water partition coefficient (Wildman–Crippen LogP) is 2.92. The summed E-state index contributed by atoms with van der Waals surface area (Å²) in [5.74, 6) is 0.157. The fourth-order valence-electron chi connectivity index (χ4n) is 2.13. The maximum atomic E-state index is 12.2. The van der Waals surface area contributed by atoms with Crippen LogP contribution in [0.3, 0.4) is 0 Å². The molecule has 0 radical (unpaired) electrons. The van der Waals surface area contributed by atoms with Crippen molar-refractivity contribution in [2.45, 2.75) is 19.8 Å². The van der Waals surface area contributed by atoms with Gasteiger partial charge in [0.15, 0.2) is 5.78 Å². The van der Waals surface area contributed by atoms with Crippen LogP contribution in [-0.4, -0.2) is 12.3 Å². The quantitative estimate of drug-likeness (QED) is 0.833. The number of ketones is 1. The molecule has 0 aromatic heterocycles. The normalized spacial score (nSPS) is 10.4. The molecule has 98 valence electrons. The van der Waals surface area contributed by atoms with E-state index in [1.165, 1.54) is 11.1 Å². The zero-order valence-corrected chi connectivity index (χ0v) is 11.2. The van der Waals surface area contributed by atoms with Gasteiger partial charge in [-0.05, 0) is 31.0 Å². The average Bonchev–Trinajstić information content (AvgIpc) is 2.40. The molecule has 2 aromatic carbocycles. The molecule has 0 spiro atoms. The van der Waals surface area contributed by atoms with Gasteiger partial charge in [-0.1, -0.05) is 54.1 Å². The monoisotopic (exact) mass is 253 g/mol. The zero-order valence-electron chi connectivity index (χ0n) is 11.2. The summed E-state index contributed by atoms with van der Waals surface area (Å²) in [4.78, 5) is 12.2. The van der Waals surface area contributed by atoms with Gasteiger partial charge in [0, 0.05) is 12.0 Å². The largest absolute Gasteiger partial charge is 0.330 e. The van der Waals surface area contributed by atoms with Crippen LogP contribution in [0.15, 0.2) is 48.5 Å². The van der Waals surface area contributed by atoms with E-state index in [2.05, 4.69) is 6.07 Å². The molecule has 0 bridgehead atoms. The van der Waals surface area contributed by atoms with Crippen molar-refractivity contribution < 1.29 is 4.79 Å². The lowest BCUT2D eigenvalue weighted by atomic mass is 10.0. The van der Waals surface area contributed by atoms with Crippen LogP contribution in [0.4, 0.5) is 0 Å². The molecule has 2 nitrogen and oxygen atoms in total. The summed E-state index contributed by atoms with van der Waals surface area (Å²) >= 11 is 0. The molecule has 2 N–H and O–H groups in total. The number of hydrogen-bond donors (Lipinski definition) is 1. The maximum Gasteiger partial charge on any atom is 0.167 e. The minimum Gasteiger partial charge on any atom is -0.330 e. The van der Waals surface area contributed by atoms with Crippen LogP contribution in [-0.2, 0) is 12.8 Å². The molecule has 0 atom stereocenters. The summed E-state index contributed by atoms with van der Waals surface area (Å²) in [5, 5.41) is 0. The summed E-state index contributed by atoms with van der Waals surface area (Å²) in [6.07, 6.45) is 1.31. The third-order valence-corrected chi connectivity index (χ3v) is 3.16. The van der Waals surface area contributed by atoms with Crippen molar-refractivity contribution in [2.24, 2.45) is 5.73 Å². The first-order valence-corrected chi connectivity index (χ1v) is 6.57. The van der Waals surface area contributed by atoms with E-state index in [-0.39, 0.29) is 5.78 Å². The van der Waals surface area contributed by atoms with Gasteiger partial charge < -0.3 is 5.73 Å². The van der Waals surface area contributed by atoms with Crippen molar-refractivity contribution >= 4 is 5.78 Å². The van der Waals surface area contributed by atoms with Gasteiger partial charge in [0.05, 0.1) is 0 Å². The van der Waals surface area contributed by atoms with E-state index in [9.17, 15) is 4.79 Å². The Kier molecular flexibility index (Phi) is 4.48. The number of nitrogens with two attached hydrogens (primary N) is 1. The van der Waals surface area contributed by atoms with Crippen molar-refractivity contribution in [1.82, 2.24) is 0 Å². The molecule has 0 amide bonds. The third-order valence-electron chi connectivity index (χ3n) is 3.16. The van der Waals surface area contributed by atoms with E-state index in [0.717, 1.165) is 17.5 Å². The van der Waals surface area contributed by atoms with Gasteiger partial charge in [-0.15, -0.1) is 0 Å². The summed E-state index contributed by atoms with van der Waals surface area (Å²) in [6, 6.07) is 15.8. The lowest BCUT2D eigenvalue weighted by molar-refractivity contribution is 0.0993. The Morgan fingerprint density at radius 3 is 2.42 bits per heavy atom. The number of carbonyl (C=O) groups excluding carboxylic acids is 1. The van der Waals surface area contributed by atoms with Crippen molar-refractivity contribution in [3.63, 3.8) is 0 Å². The molecule has 2 rings (SSSR count). The van der Waals surface area contributed by atoms with E-state index in [0.29, 0.717) is 13.0 Å². The smallest absolute Gasteiger partial charge is 0.167 e. The van der Waals surface area contributed by atoms with Crippen molar-refractivity contribution in [3.05, 3.63) is 70.8 Å². The second kappa shape index (κ2) is 6.30. The number of Topliss-reactive ketones (excluding diaryl/α,β-unsaturated/α-hetero) is 1. The zero-order chi connectivity index (χ0) is 13.7. The van der Waals surface area contributed by atoms with E-state index in [1.807, 2.05) is 49.4 Å². The standard InChI is InChI=1S/C17H19NO/c1-13-3-2-4-15(11-13)12-17(19)16-7-5-14(6-8-16)9-10-18/h2-8,11H,9-10,12,18H2,1H3. The van der Waals surface area contributed by atoms with Gasteiger partial charge >= 0.3 is 0 Å². The molecule has 0 heterocycles. The first-order chi connectivity index (χ1) is 9.19. The first kappa shape index (κ1) is 13.5. The van der Waals surface area contributed by atoms with E-state index < -0.39 is 0 Å². The summed E-state index contributed by atoms with van der Waals surface area (Å²) in [7, 11) is 0. The van der Waals surface area contributed by atoms with Crippen LogP contribution >= 0.6 is 0 Å². The number of hydrogen-bond acceptors (Lipinski definition) is 2. The molecule has 0 aliphatic carbocycles. The molecule has 0 unspecified atom stereocenters. The highest BCUT2D eigenvalue weighted by atomic mass is 16.1. The van der Waals surface area contributed by atoms with Crippen LogP contribution in [0.25, 0.3) is 0 Å². The molecular weight excluding hydrogens is 234 g/mol. The Morgan fingerprint density at radius 1 is 1.05 bits per heavy atom. The Hall–Kier alpha value is -1.93. The number of carbonyl (C=O) groups is 1. The Bertz CT molecular complexity index is 558. The topological polar surface area (TPSA) is 43.1 Å². The summed E-state index contributed by atoms with van der Waals surface area (Å²) in [6.45, 7) is 2.67. The van der Waals surface area contributed by atoms with Gasteiger partial charge in [0.25, 0.3) is 0 Å². The van der Waals surface area contributed by atoms with Gasteiger partial charge in [0.2, 0.25) is 0 Å². The van der Waals surface area contributed by atoms with Gasteiger partial charge in [-0.2, -0.15) is 0 Å². The highest BCUT2D eigenvalue weighted by Gasteiger charge is 2.07. The average molecular weight is 253 g/mol. The van der Waals surface area contributed by atoms with Crippen LogP contribution in [0.1, 0.15) is 27.0 Å². The SMILES string of the molecule is Cc1cccc(CC(=O)c2ccc(CCN)cc2)c1. The molecule has 0 fully saturated rings. The molecule has 2 aromatic rings. The fraction of sp³-hybridized carbons (Fsp3) is 0.235. The summed E-state index contributed by atoms with van der Waals surface area (Å²) < 4.78 is 0. The maximum absolute atomic E-state index is 12.2. The third kappa shape index (κ3) is 3.76. The van der Waals surface area contributed by atoms with Crippen molar-refractivity contribution in [3.8, 4) is 0 Å². The first-order valence-electron chi connectivity index (χ1n) is 6.57.